The third kappa shape index (κ3) is 2.43. The summed E-state index contributed by atoms with van der Waals surface area (Å²) in [5, 5.41) is 0. The highest BCUT2D eigenvalue weighted by molar-refractivity contribution is 4.99. The Morgan fingerprint density at radius 2 is 1.75 bits per heavy atom. The third-order valence-electron chi connectivity index (χ3n) is 4.14. The highest BCUT2D eigenvalue weighted by atomic mass is 16.5. The lowest BCUT2D eigenvalue weighted by Crippen LogP contribution is -2.45. The molecule has 1 rings (SSSR count). The quantitative estimate of drug-likeness (QED) is 0.710. The Bertz CT molecular complexity index is 211. The minimum atomic E-state index is 0.0969. The molecule has 16 heavy (non-hydrogen) atoms. The predicted molar refractivity (Wildman–Crippen MR) is 69.5 cm³/mol. The monoisotopic (exact) mass is 227 g/mol. The van der Waals surface area contributed by atoms with E-state index in [0.29, 0.717) is 6.04 Å². The molecule has 2 atom stereocenters. The number of rotatable bonds is 5. The summed E-state index contributed by atoms with van der Waals surface area (Å²) in [7, 11) is 0. The molecule has 96 valence electrons. The van der Waals surface area contributed by atoms with Gasteiger partial charge in [0.05, 0.1) is 5.60 Å². The van der Waals surface area contributed by atoms with Gasteiger partial charge in [-0.05, 0) is 38.6 Å². The largest absolute Gasteiger partial charge is 0.355 e. The van der Waals surface area contributed by atoms with Gasteiger partial charge in [-0.3, -0.25) is 4.90 Å². The lowest BCUT2D eigenvalue weighted by Gasteiger charge is -2.35. The topological polar surface area (TPSA) is 12.5 Å². The molecule has 0 spiro atoms. The van der Waals surface area contributed by atoms with Gasteiger partial charge in [0.25, 0.3) is 0 Å². The van der Waals surface area contributed by atoms with Crippen LogP contribution in [-0.2, 0) is 4.74 Å². The van der Waals surface area contributed by atoms with Gasteiger partial charge >= 0.3 is 0 Å². The van der Waals surface area contributed by atoms with Crippen LogP contribution in [0.4, 0.5) is 0 Å². The molecule has 1 heterocycles. The first-order chi connectivity index (χ1) is 7.50. The number of ether oxygens (including phenoxy) is 1. The zero-order valence-electron chi connectivity index (χ0n) is 11.9. The van der Waals surface area contributed by atoms with E-state index >= 15 is 0 Å². The molecule has 0 aliphatic carbocycles. The van der Waals surface area contributed by atoms with Crippen molar-refractivity contribution in [2.75, 3.05) is 6.54 Å². The van der Waals surface area contributed by atoms with Crippen LogP contribution < -0.4 is 0 Å². The van der Waals surface area contributed by atoms with Gasteiger partial charge in [-0.1, -0.05) is 34.6 Å². The maximum absolute atomic E-state index is 6.29. The first-order valence-corrected chi connectivity index (χ1v) is 6.94. The zero-order chi connectivity index (χ0) is 12.3. The van der Waals surface area contributed by atoms with E-state index < -0.39 is 0 Å². The van der Waals surface area contributed by atoms with Crippen molar-refractivity contribution in [3.8, 4) is 0 Å². The number of nitrogens with zero attached hydrogens (tertiary/aromatic N) is 1. The van der Waals surface area contributed by atoms with Gasteiger partial charge in [-0.25, -0.2) is 0 Å². The average molecular weight is 227 g/mol. The Hall–Kier alpha value is -0.0800. The van der Waals surface area contributed by atoms with E-state index in [1.54, 1.807) is 0 Å². The van der Waals surface area contributed by atoms with E-state index in [1.165, 1.54) is 6.42 Å². The van der Waals surface area contributed by atoms with Crippen molar-refractivity contribution in [3.05, 3.63) is 0 Å². The first-order valence-electron chi connectivity index (χ1n) is 6.94. The van der Waals surface area contributed by atoms with Crippen LogP contribution in [0.3, 0.4) is 0 Å². The second kappa shape index (κ2) is 5.50. The molecule has 0 unspecified atom stereocenters. The van der Waals surface area contributed by atoms with E-state index in [0.717, 1.165) is 25.3 Å². The SMILES string of the molecule is CCN1[C@H](C)OC(CC)(CC)[C@@H]1CC(C)C. The summed E-state index contributed by atoms with van der Waals surface area (Å²) in [6.45, 7) is 14.7. The summed E-state index contributed by atoms with van der Waals surface area (Å²) in [5.74, 6) is 0.741. The van der Waals surface area contributed by atoms with Gasteiger partial charge in [0.2, 0.25) is 0 Å². The van der Waals surface area contributed by atoms with E-state index in [1.807, 2.05) is 0 Å². The molecule has 1 aliphatic heterocycles. The van der Waals surface area contributed by atoms with Gasteiger partial charge in [0.1, 0.15) is 6.23 Å². The van der Waals surface area contributed by atoms with E-state index in [-0.39, 0.29) is 11.8 Å². The average Bonchev–Trinajstić information content (AvgIpc) is 2.50. The molecule has 1 aliphatic rings. The normalized spacial score (nSPS) is 30.2. The molecule has 0 N–H and O–H groups in total. The molecule has 0 radical (unpaired) electrons. The number of hydrogen-bond donors (Lipinski definition) is 0. The van der Waals surface area contributed by atoms with Crippen molar-refractivity contribution in [2.45, 2.75) is 78.7 Å². The molecule has 0 aromatic rings. The Balaban J connectivity index is 2.91. The fourth-order valence-corrected chi connectivity index (χ4v) is 3.20. The highest BCUT2D eigenvalue weighted by Crippen LogP contribution is 2.40. The Kier molecular flexibility index (Phi) is 4.81. The highest BCUT2D eigenvalue weighted by Gasteiger charge is 2.48. The van der Waals surface area contributed by atoms with Gasteiger partial charge < -0.3 is 4.74 Å². The van der Waals surface area contributed by atoms with Crippen LogP contribution in [0, 0.1) is 5.92 Å². The van der Waals surface area contributed by atoms with Crippen molar-refractivity contribution in [1.29, 1.82) is 0 Å². The predicted octanol–water partition coefficient (Wildman–Crippen LogP) is 3.66. The van der Waals surface area contributed by atoms with Gasteiger partial charge in [0, 0.05) is 6.04 Å². The van der Waals surface area contributed by atoms with Crippen molar-refractivity contribution < 1.29 is 4.74 Å². The molecule has 0 aromatic heterocycles. The van der Waals surface area contributed by atoms with Crippen LogP contribution in [-0.4, -0.2) is 29.3 Å². The van der Waals surface area contributed by atoms with Crippen molar-refractivity contribution in [3.63, 3.8) is 0 Å². The van der Waals surface area contributed by atoms with E-state index in [9.17, 15) is 0 Å². The minimum Gasteiger partial charge on any atom is -0.355 e. The molecule has 1 fully saturated rings. The van der Waals surface area contributed by atoms with Crippen molar-refractivity contribution in [2.24, 2.45) is 5.92 Å². The Morgan fingerprint density at radius 3 is 2.12 bits per heavy atom. The Labute approximate surface area is 101 Å². The Morgan fingerprint density at radius 1 is 1.19 bits per heavy atom. The van der Waals surface area contributed by atoms with Crippen LogP contribution in [0.25, 0.3) is 0 Å². The third-order valence-corrected chi connectivity index (χ3v) is 4.14. The summed E-state index contributed by atoms with van der Waals surface area (Å²) in [6.07, 6.45) is 3.79. The van der Waals surface area contributed by atoms with Crippen LogP contribution in [0.1, 0.15) is 60.8 Å². The minimum absolute atomic E-state index is 0.0969. The number of hydrogen-bond acceptors (Lipinski definition) is 2. The number of likely N-dealkylation sites (N-methyl/N-ethyl adjacent to an activating group) is 1. The molecule has 1 saturated heterocycles. The van der Waals surface area contributed by atoms with Gasteiger partial charge in [-0.2, -0.15) is 0 Å². The second-order valence-electron chi connectivity index (χ2n) is 5.46. The van der Waals surface area contributed by atoms with Crippen molar-refractivity contribution >= 4 is 0 Å². The summed E-state index contributed by atoms with van der Waals surface area (Å²) in [5.41, 5.74) is 0.0969. The van der Waals surface area contributed by atoms with E-state index in [4.69, 9.17) is 4.74 Å². The summed E-state index contributed by atoms with van der Waals surface area (Å²) >= 11 is 0. The van der Waals surface area contributed by atoms with E-state index in [2.05, 4.69) is 46.4 Å². The molecular weight excluding hydrogens is 198 g/mol. The molecule has 0 aromatic carbocycles. The maximum atomic E-state index is 6.29. The summed E-state index contributed by atoms with van der Waals surface area (Å²) < 4.78 is 6.29. The van der Waals surface area contributed by atoms with Crippen LogP contribution in [0.2, 0.25) is 0 Å². The lowest BCUT2D eigenvalue weighted by atomic mass is 9.83. The molecule has 0 saturated carbocycles. The molecular formula is C14H29NO. The maximum Gasteiger partial charge on any atom is 0.108 e. The summed E-state index contributed by atoms with van der Waals surface area (Å²) in [4.78, 5) is 2.53. The molecule has 0 bridgehead atoms. The standard InChI is InChI=1S/C14H29NO/c1-7-14(8-2)13(10-11(4)5)15(9-3)12(6)16-14/h11-13H,7-10H2,1-6H3/t12-,13-/m0/s1. The summed E-state index contributed by atoms with van der Waals surface area (Å²) in [6, 6.07) is 0.600. The molecule has 2 nitrogen and oxygen atoms in total. The van der Waals surface area contributed by atoms with Crippen LogP contribution in [0.5, 0.6) is 0 Å². The fourth-order valence-electron chi connectivity index (χ4n) is 3.20. The first kappa shape index (κ1) is 14.0. The van der Waals surface area contributed by atoms with Gasteiger partial charge in [0.15, 0.2) is 0 Å². The van der Waals surface area contributed by atoms with Crippen LogP contribution in [0.15, 0.2) is 0 Å². The van der Waals surface area contributed by atoms with Crippen molar-refractivity contribution in [1.82, 2.24) is 4.90 Å². The molecule has 2 heteroatoms. The molecule has 0 amide bonds. The smallest absolute Gasteiger partial charge is 0.108 e. The lowest BCUT2D eigenvalue weighted by molar-refractivity contribution is -0.0559. The van der Waals surface area contributed by atoms with Crippen LogP contribution >= 0.6 is 0 Å². The second-order valence-corrected chi connectivity index (χ2v) is 5.46. The fraction of sp³-hybridized carbons (Fsp3) is 1.00. The van der Waals surface area contributed by atoms with Gasteiger partial charge in [-0.15, -0.1) is 0 Å². The zero-order valence-corrected chi connectivity index (χ0v) is 11.9.